The Hall–Kier alpha value is -4.28. The molecule has 1 aliphatic heterocycles. The number of nitrogens with one attached hydrogen (secondary N) is 6. The first-order valence-corrected chi connectivity index (χ1v) is 11.9. The van der Waals surface area contributed by atoms with Crippen molar-refractivity contribution in [2.24, 2.45) is 16.5 Å². The lowest BCUT2D eigenvalue weighted by Gasteiger charge is -2.23. The second-order valence-electron chi connectivity index (χ2n) is 8.20. The molecule has 3 atom stereocenters. The van der Waals surface area contributed by atoms with Crippen LogP contribution in [-0.4, -0.2) is 104 Å². The van der Waals surface area contributed by atoms with E-state index in [0.29, 0.717) is 6.29 Å². The van der Waals surface area contributed by atoms with E-state index in [4.69, 9.17) is 16.6 Å². The van der Waals surface area contributed by atoms with Gasteiger partial charge in [-0.3, -0.25) is 33.8 Å². The Morgan fingerprint density at radius 3 is 2.08 bits per heavy atom. The highest BCUT2D eigenvalue weighted by Crippen LogP contribution is 2.04. The highest BCUT2D eigenvalue weighted by molar-refractivity contribution is 5.96. The van der Waals surface area contributed by atoms with E-state index in [1.54, 1.807) is 0 Å². The third kappa shape index (κ3) is 12.6. The molecule has 0 aliphatic carbocycles. The lowest BCUT2D eigenvalue weighted by Crippen LogP contribution is -2.55. The molecule has 17 heteroatoms. The van der Waals surface area contributed by atoms with Gasteiger partial charge in [0.25, 0.3) is 0 Å². The van der Waals surface area contributed by atoms with Gasteiger partial charge >= 0.3 is 0 Å². The Morgan fingerprint density at radius 1 is 0.921 bits per heavy atom. The number of nitrogens with two attached hydrogens (primary N) is 2. The molecular weight excluding hydrogens is 506 g/mol. The van der Waals surface area contributed by atoms with Crippen LogP contribution in [0.1, 0.15) is 32.1 Å². The van der Waals surface area contributed by atoms with Crippen molar-refractivity contribution in [2.45, 2.75) is 50.2 Å². The Morgan fingerprint density at radius 2 is 1.50 bits per heavy atom. The highest BCUT2D eigenvalue weighted by Gasteiger charge is 2.29. The van der Waals surface area contributed by atoms with Crippen molar-refractivity contribution >= 4 is 47.7 Å². The first-order valence-electron chi connectivity index (χ1n) is 11.9. The second kappa shape index (κ2) is 17.2. The minimum atomic E-state index is -1.30. The zero-order valence-electron chi connectivity index (χ0n) is 20.8. The number of guanidine groups is 1. The molecule has 6 amide bonds. The number of hydrogen-bond donors (Lipinski definition) is 9. The number of aliphatic imine (C=N–C) groups is 1. The number of aliphatic hydroxyl groups is 1. The van der Waals surface area contributed by atoms with E-state index in [1.165, 1.54) is 0 Å². The highest BCUT2D eigenvalue weighted by atomic mass is 16.3. The normalized spacial score (nSPS) is 21.3. The second-order valence-corrected chi connectivity index (χ2v) is 8.20. The molecule has 1 rings (SSSR count). The molecule has 1 saturated heterocycles. The van der Waals surface area contributed by atoms with Gasteiger partial charge in [-0.25, -0.2) is 0 Å². The smallest absolute Gasteiger partial charge is 0.243 e. The zero-order valence-corrected chi connectivity index (χ0v) is 20.8. The van der Waals surface area contributed by atoms with E-state index in [1.807, 2.05) is 0 Å². The number of carbonyl (C=O) groups is 7. The van der Waals surface area contributed by atoms with E-state index in [0.717, 1.165) is 0 Å². The summed E-state index contributed by atoms with van der Waals surface area (Å²) < 4.78 is 0. The summed E-state index contributed by atoms with van der Waals surface area (Å²) in [5.74, 6) is -4.59. The van der Waals surface area contributed by atoms with Gasteiger partial charge in [0, 0.05) is 25.9 Å². The largest absolute Gasteiger partial charge is 0.395 e. The van der Waals surface area contributed by atoms with Crippen LogP contribution in [0.4, 0.5) is 0 Å². The molecule has 0 aromatic heterocycles. The number of hydrogen-bond acceptors (Lipinski definition) is 9. The Bertz CT molecular complexity index is 907. The summed E-state index contributed by atoms with van der Waals surface area (Å²) in [6, 6.07) is -3.73. The van der Waals surface area contributed by atoms with Crippen LogP contribution in [0.15, 0.2) is 4.99 Å². The Labute approximate surface area is 218 Å². The molecule has 1 unspecified atom stereocenters. The summed E-state index contributed by atoms with van der Waals surface area (Å²) >= 11 is 0. The molecule has 0 bridgehead atoms. The van der Waals surface area contributed by atoms with Gasteiger partial charge in [0.2, 0.25) is 35.4 Å². The predicted octanol–water partition coefficient (Wildman–Crippen LogP) is -5.78. The molecule has 1 heterocycles. The van der Waals surface area contributed by atoms with Crippen LogP contribution in [0.2, 0.25) is 0 Å². The van der Waals surface area contributed by atoms with E-state index in [9.17, 15) is 33.6 Å². The first kappa shape index (κ1) is 31.7. The van der Waals surface area contributed by atoms with Crippen LogP contribution >= 0.6 is 0 Å². The summed E-state index contributed by atoms with van der Waals surface area (Å²) in [4.78, 5) is 89.7. The zero-order chi connectivity index (χ0) is 28.5. The third-order valence-electron chi connectivity index (χ3n) is 5.15. The number of aliphatic hydroxyl groups excluding tert-OH is 1. The molecule has 1 fully saturated rings. The monoisotopic (exact) mass is 541 g/mol. The average Bonchev–Trinajstić information content (AvgIpc) is 2.87. The number of rotatable bonds is 11. The van der Waals surface area contributed by atoms with Crippen LogP contribution < -0.4 is 43.4 Å². The fraction of sp³-hybridized carbons (Fsp3) is 0.619. The summed E-state index contributed by atoms with van der Waals surface area (Å²) in [5, 5.41) is 23.1. The molecular formula is C21H35N9O8. The molecule has 0 aromatic carbocycles. The summed E-state index contributed by atoms with van der Waals surface area (Å²) in [6.45, 7) is -1.29. The maximum atomic E-state index is 13.0. The van der Waals surface area contributed by atoms with Crippen LogP contribution in [0.3, 0.4) is 0 Å². The van der Waals surface area contributed by atoms with E-state index < -0.39 is 66.7 Å². The molecule has 11 N–H and O–H groups in total. The van der Waals surface area contributed by atoms with Crippen LogP contribution in [0.5, 0.6) is 0 Å². The lowest BCUT2D eigenvalue weighted by atomic mass is 10.1. The maximum Gasteiger partial charge on any atom is 0.243 e. The van der Waals surface area contributed by atoms with Gasteiger partial charge in [0.15, 0.2) is 5.96 Å². The van der Waals surface area contributed by atoms with Gasteiger partial charge in [-0.05, 0) is 19.3 Å². The number of carbonyl (C=O) groups excluding carboxylic acids is 7. The summed E-state index contributed by atoms with van der Waals surface area (Å²) in [7, 11) is 0. The molecule has 17 nitrogen and oxygen atoms in total. The van der Waals surface area contributed by atoms with Gasteiger partial charge in [-0.15, -0.1) is 0 Å². The van der Waals surface area contributed by atoms with Gasteiger partial charge < -0.3 is 53.3 Å². The molecule has 38 heavy (non-hydrogen) atoms. The van der Waals surface area contributed by atoms with Crippen molar-refractivity contribution in [3.05, 3.63) is 0 Å². The topological polar surface area (TPSA) is 276 Å². The third-order valence-corrected chi connectivity index (χ3v) is 5.15. The maximum absolute atomic E-state index is 13.0. The minimum absolute atomic E-state index is 0.000833. The van der Waals surface area contributed by atoms with Crippen molar-refractivity contribution in [3.63, 3.8) is 0 Å². The first-order chi connectivity index (χ1) is 18.1. The van der Waals surface area contributed by atoms with E-state index >= 15 is 0 Å². The Balaban J connectivity index is 3.14. The number of amides is 6. The van der Waals surface area contributed by atoms with Crippen molar-refractivity contribution < 1.29 is 38.7 Å². The van der Waals surface area contributed by atoms with Crippen LogP contribution in [0.25, 0.3) is 0 Å². The molecule has 0 radical (unpaired) electrons. The lowest BCUT2D eigenvalue weighted by molar-refractivity contribution is -0.133. The standard InChI is InChI=1S/C21H35N9O8/c22-21(23)25-6-1-2-12-18(36)26-11-17(35)29-14(5-8-31)19(37)27-10-16(34)28-13(20(38)30-12)3-4-15(33)24-7-9-32/h8,12-14,32H,1-7,9-11H2,(H,24,33)(H,26,36)(H,27,37)(H,28,34)(H,29,35)(H,30,38)(H4,22,23,25)/t12-,13?,14-/m0/s1. The molecule has 0 saturated carbocycles. The van der Waals surface area contributed by atoms with Gasteiger partial charge in [0.1, 0.15) is 24.4 Å². The van der Waals surface area contributed by atoms with Gasteiger partial charge in [-0.2, -0.15) is 0 Å². The van der Waals surface area contributed by atoms with Gasteiger partial charge in [-0.1, -0.05) is 0 Å². The fourth-order valence-corrected chi connectivity index (χ4v) is 3.27. The minimum Gasteiger partial charge on any atom is -0.395 e. The van der Waals surface area contributed by atoms with Crippen LogP contribution in [-0.2, 0) is 33.6 Å². The van der Waals surface area contributed by atoms with Crippen molar-refractivity contribution in [1.29, 1.82) is 0 Å². The summed E-state index contributed by atoms with van der Waals surface area (Å²) in [5.41, 5.74) is 10.6. The summed E-state index contributed by atoms with van der Waals surface area (Å²) in [6.07, 6.45) is -0.0221. The molecule has 0 aromatic rings. The molecule has 0 spiro atoms. The quantitative estimate of drug-likeness (QED) is 0.0517. The SMILES string of the molecule is NC(N)=NCCC[C@@H]1NC(=O)C(CCC(=O)NCCO)NC(=O)CNC(=O)[C@H](CC=O)NC(=O)CNC1=O. The van der Waals surface area contributed by atoms with E-state index in [-0.39, 0.29) is 57.8 Å². The molecule has 1 aliphatic rings. The fourth-order valence-electron chi connectivity index (χ4n) is 3.27. The predicted molar refractivity (Wildman–Crippen MR) is 132 cm³/mol. The molecule has 212 valence electrons. The van der Waals surface area contributed by atoms with Gasteiger partial charge in [0.05, 0.1) is 19.7 Å². The van der Waals surface area contributed by atoms with Crippen LogP contribution in [0, 0.1) is 0 Å². The average molecular weight is 542 g/mol. The van der Waals surface area contributed by atoms with Crippen molar-refractivity contribution in [2.75, 3.05) is 32.8 Å². The Kier molecular flexibility index (Phi) is 14.4. The van der Waals surface area contributed by atoms with E-state index in [2.05, 4.69) is 36.9 Å². The number of aldehydes is 1. The number of nitrogens with zero attached hydrogens (tertiary/aromatic N) is 1. The van der Waals surface area contributed by atoms with Crippen molar-refractivity contribution in [3.8, 4) is 0 Å². The van der Waals surface area contributed by atoms with Crippen molar-refractivity contribution in [1.82, 2.24) is 31.9 Å².